The van der Waals surface area contributed by atoms with Crippen molar-refractivity contribution in [2.45, 2.75) is 49.1 Å². The summed E-state index contributed by atoms with van der Waals surface area (Å²) in [6.07, 6.45) is 6.27. The van der Waals surface area contributed by atoms with Crippen LogP contribution >= 0.6 is 23.4 Å². The minimum Gasteiger partial charge on any atom is -0.378 e. The van der Waals surface area contributed by atoms with Gasteiger partial charge in [-0.25, -0.2) is 9.97 Å². The molecule has 1 aliphatic carbocycles. The number of benzene rings is 1. The number of hydrogen-bond acceptors (Lipinski definition) is 6. The molecule has 0 radical (unpaired) electrons. The molecule has 6 nitrogen and oxygen atoms in total. The van der Waals surface area contributed by atoms with Crippen molar-refractivity contribution in [3.63, 3.8) is 0 Å². The van der Waals surface area contributed by atoms with Gasteiger partial charge in [0.2, 0.25) is 0 Å². The van der Waals surface area contributed by atoms with Crippen LogP contribution in [0.1, 0.15) is 48.0 Å². The number of hydrogen-bond donors (Lipinski definition) is 0. The second kappa shape index (κ2) is 10.7. The lowest BCUT2D eigenvalue weighted by atomic mass is 9.94. The van der Waals surface area contributed by atoms with Crippen LogP contribution in [-0.4, -0.2) is 60.2 Å². The van der Waals surface area contributed by atoms with E-state index in [-0.39, 0.29) is 5.91 Å². The molecule has 0 bridgehead atoms. The Kier molecular flexibility index (Phi) is 7.69. The Hall–Kier alpha value is -1.83. The van der Waals surface area contributed by atoms with E-state index in [1.807, 2.05) is 35.2 Å². The van der Waals surface area contributed by atoms with Crippen molar-refractivity contribution in [1.82, 2.24) is 14.9 Å². The summed E-state index contributed by atoms with van der Waals surface area (Å²) in [6, 6.07) is 10.2. The fraction of sp³-hybridized carbons (Fsp3) is 0.522. The number of carbonyl (C=O) groups is 1. The molecule has 1 aromatic heterocycles. The predicted octanol–water partition coefficient (Wildman–Crippen LogP) is 4.66. The summed E-state index contributed by atoms with van der Waals surface area (Å²) in [7, 11) is 2.10. The van der Waals surface area contributed by atoms with E-state index >= 15 is 0 Å². The fourth-order valence-corrected chi connectivity index (χ4v) is 5.20. The molecule has 1 saturated heterocycles. The molecule has 31 heavy (non-hydrogen) atoms. The molecule has 8 heteroatoms. The highest BCUT2D eigenvalue weighted by Crippen LogP contribution is 2.29. The number of ether oxygens (including phenoxy) is 1. The van der Waals surface area contributed by atoms with Crippen LogP contribution in [0.25, 0.3) is 0 Å². The maximum Gasteiger partial charge on any atom is 0.254 e. The van der Waals surface area contributed by atoms with Gasteiger partial charge in [-0.3, -0.25) is 4.79 Å². The first-order chi connectivity index (χ1) is 15.1. The lowest BCUT2D eigenvalue weighted by molar-refractivity contribution is 0.0303. The molecule has 1 aromatic carbocycles. The molecule has 2 aromatic rings. The smallest absolute Gasteiger partial charge is 0.254 e. The molecule has 0 unspecified atom stereocenters. The van der Waals surface area contributed by atoms with Crippen molar-refractivity contribution < 1.29 is 9.53 Å². The average molecular weight is 461 g/mol. The summed E-state index contributed by atoms with van der Waals surface area (Å²) >= 11 is 7.86. The van der Waals surface area contributed by atoms with Gasteiger partial charge in [0, 0.05) is 43.6 Å². The largest absolute Gasteiger partial charge is 0.378 e. The van der Waals surface area contributed by atoms with E-state index in [0.717, 1.165) is 11.4 Å². The van der Waals surface area contributed by atoms with Gasteiger partial charge in [0.25, 0.3) is 5.91 Å². The zero-order valence-electron chi connectivity index (χ0n) is 17.9. The Morgan fingerprint density at radius 1 is 1.19 bits per heavy atom. The molecule has 1 amide bonds. The molecule has 0 N–H and O–H groups in total. The van der Waals surface area contributed by atoms with Crippen LogP contribution in [0, 0.1) is 0 Å². The Labute approximate surface area is 193 Å². The monoisotopic (exact) mass is 460 g/mol. The minimum atomic E-state index is 0.0607. The van der Waals surface area contributed by atoms with Crippen molar-refractivity contribution >= 4 is 35.1 Å². The number of nitrogens with zero attached hydrogens (tertiary/aromatic N) is 4. The van der Waals surface area contributed by atoms with Gasteiger partial charge in [-0.1, -0.05) is 54.8 Å². The molecular weight excluding hydrogens is 432 g/mol. The number of morpholine rings is 1. The van der Waals surface area contributed by atoms with Gasteiger partial charge >= 0.3 is 0 Å². The third kappa shape index (κ3) is 5.90. The van der Waals surface area contributed by atoms with E-state index in [4.69, 9.17) is 21.3 Å². The first-order valence-corrected chi connectivity index (χ1v) is 12.3. The number of halogens is 1. The molecule has 166 valence electrons. The van der Waals surface area contributed by atoms with Crippen molar-refractivity contribution in [3.8, 4) is 0 Å². The normalized spacial score (nSPS) is 17.5. The van der Waals surface area contributed by atoms with Gasteiger partial charge in [-0.15, -0.1) is 0 Å². The average Bonchev–Trinajstić information content (AvgIpc) is 2.83. The summed E-state index contributed by atoms with van der Waals surface area (Å²) in [5.41, 5.74) is 1.78. The molecule has 1 saturated carbocycles. The highest BCUT2D eigenvalue weighted by molar-refractivity contribution is 7.98. The van der Waals surface area contributed by atoms with Crippen LogP contribution in [0.2, 0.25) is 5.15 Å². The number of carbonyl (C=O) groups excluding carboxylic acids is 1. The molecule has 2 aliphatic rings. The number of anilines is 1. The lowest BCUT2D eigenvalue weighted by Gasteiger charge is -2.32. The van der Waals surface area contributed by atoms with Crippen molar-refractivity contribution in [1.29, 1.82) is 0 Å². The van der Waals surface area contributed by atoms with Gasteiger partial charge in [0.05, 0.1) is 13.2 Å². The topological polar surface area (TPSA) is 58.6 Å². The van der Waals surface area contributed by atoms with Gasteiger partial charge < -0.3 is 14.5 Å². The zero-order valence-corrected chi connectivity index (χ0v) is 19.5. The maximum absolute atomic E-state index is 12.8. The van der Waals surface area contributed by atoms with Crippen LogP contribution in [0.4, 0.5) is 5.82 Å². The van der Waals surface area contributed by atoms with Gasteiger partial charge in [0.15, 0.2) is 5.16 Å². The number of rotatable bonds is 6. The lowest BCUT2D eigenvalue weighted by Crippen LogP contribution is -2.40. The molecule has 2 heterocycles. The Bertz CT molecular complexity index is 901. The summed E-state index contributed by atoms with van der Waals surface area (Å²) < 4.78 is 5.35. The van der Waals surface area contributed by atoms with Crippen molar-refractivity contribution in [2.24, 2.45) is 0 Å². The Morgan fingerprint density at radius 3 is 2.74 bits per heavy atom. The van der Waals surface area contributed by atoms with E-state index in [1.165, 1.54) is 32.1 Å². The number of thioether (sulfide) groups is 1. The molecular formula is C23H29ClN4O2S. The Balaban J connectivity index is 1.42. The minimum absolute atomic E-state index is 0.0607. The van der Waals surface area contributed by atoms with Crippen LogP contribution in [0.3, 0.4) is 0 Å². The zero-order chi connectivity index (χ0) is 21.6. The quantitative estimate of drug-likeness (QED) is 0.355. The van der Waals surface area contributed by atoms with Gasteiger partial charge in [0.1, 0.15) is 11.0 Å². The van der Waals surface area contributed by atoms with Crippen molar-refractivity contribution in [3.05, 3.63) is 46.6 Å². The molecule has 0 atom stereocenters. The second-order valence-electron chi connectivity index (χ2n) is 8.13. The SMILES string of the molecule is CN(c1cc(Cl)nc(SCc2cccc(C(=O)N3CCOCC3)c2)n1)C1CCCCC1. The predicted molar refractivity (Wildman–Crippen MR) is 125 cm³/mol. The summed E-state index contributed by atoms with van der Waals surface area (Å²) in [5.74, 6) is 1.62. The van der Waals surface area contributed by atoms with E-state index in [0.29, 0.717) is 54.0 Å². The van der Waals surface area contributed by atoms with Gasteiger partial charge in [-0.2, -0.15) is 0 Å². The molecule has 2 fully saturated rings. The summed E-state index contributed by atoms with van der Waals surface area (Å²) in [4.78, 5) is 26.0. The molecule has 0 spiro atoms. The van der Waals surface area contributed by atoms with Gasteiger partial charge in [-0.05, 0) is 30.5 Å². The van der Waals surface area contributed by atoms with Crippen LogP contribution in [0.15, 0.2) is 35.5 Å². The number of amides is 1. The molecule has 1 aliphatic heterocycles. The Morgan fingerprint density at radius 2 is 1.97 bits per heavy atom. The van der Waals surface area contributed by atoms with Crippen LogP contribution in [0.5, 0.6) is 0 Å². The van der Waals surface area contributed by atoms with Crippen molar-refractivity contribution in [2.75, 3.05) is 38.3 Å². The van der Waals surface area contributed by atoms with E-state index < -0.39 is 0 Å². The third-order valence-corrected chi connectivity index (χ3v) is 7.10. The second-order valence-corrected chi connectivity index (χ2v) is 9.46. The summed E-state index contributed by atoms with van der Waals surface area (Å²) in [5, 5.41) is 1.13. The number of aromatic nitrogens is 2. The highest BCUT2D eigenvalue weighted by atomic mass is 35.5. The first-order valence-electron chi connectivity index (χ1n) is 11.0. The van der Waals surface area contributed by atoms with Crippen LogP contribution in [-0.2, 0) is 10.5 Å². The van der Waals surface area contributed by atoms with Crippen LogP contribution < -0.4 is 4.90 Å². The third-order valence-electron chi connectivity index (χ3n) is 5.98. The standard InChI is InChI=1S/C23H29ClN4O2S/c1-27(19-8-3-2-4-9-19)21-15-20(24)25-23(26-21)31-16-17-6-5-7-18(14-17)22(29)28-10-12-30-13-11-28/h5-7,14-15,19H,2-4,8-13,16H2,1H3. The van der Waals surface area contributed by atoms with E-state index in [2.05, 4.69) is 16.9 Å². The molecule has 4 rings (SSSR count). The summed E-state index contributed by atoms with van der Waals surface area (Å²) in [6.45, 7) is 2.49. The first kappa shape index (κ1) is 22.4. The van der Waals surface area contributed by atoms with E-state index in [1.54, 1.807) is 11.8 Å². The highest BCUT2D eigenvalue weighted by Gasteiger charge is 2.21. The van der Waals surface area contributed by atoms with E-state index in [9.17, 15) is 4.79 Å². The fourth-order valence-electron chi connectivity index (χ4n) is 4.18. The maximum atomic E-state index is 12.8.